The van der Waals surface area contributed by atoms with Crippen LogP contribution in [0.1, 0.15) is 111 Å². The summed E-state index contributed by atoms with van der Waals surface area (Å²) in [7, 11) is 0. The fraction of sp³-hybridized carbons (Fsp3) is 0.767. The van der Waals surface area contributed by atoms with Crippen molar-refractivity contribution in [2.24, 2.45) is 17.6 Å². The summed E-state index contributed by atoms with van der Waals surface area (Å²) in [6.45, 7) is 7.05. The highest BCUT2D eigenvalue weighted by Gasteiger charge is 2.22. The molecule has 0 radical (unpaired) electrons. The first-order valence-corrected chi connectivity index (χ1v) is 15.4. The number of carbonyl (C=O) groups is 2. The molecular weight excluding hydrogens is 508 g/mol. The number of unbranched alkanes of at least 4 members (excludes halogenated alkanes) is 10. The molecule has 2 aromatic heterocycles. The molecule has 0 saturated carbocycles. The van der Waals surface area contributed by atoms with E-state index in [0.717, 1.165) is 25.7 Å². The first-order chi connectivity index (χ1) is 19.3. The SMILES string of the molecule is CCCCCCCCCCCCCC(=O)OCC(CCOC(=O)[C@@H](N)[C@@H](C)CC)Cn1cnc2cnc(N)nc21. The number of hydrogen-bond acceptors (Lipinski definition) is 9. The summed E-state index contributed by atoms with van der Waals surface area (Å²) in [5.41, 5.74) is 13.0. The van der Waals surface area contributed by atoms with E-state index in [1.807, 2.05) is 18.4 Å². The molecule has 0 aliphatic rings. The molecule has 0 bridgehead atoms. The van der Waals surface area contributed by atoms with Crippen molar-refractivity contribution in [1.82, 2.24) is 19.5 Å². The number of aromatic nitrogens is 4. The Bertz CT molecular complexity index is 998. The summed E-state index contributed by atoms with van der Waals surface area (Å²) in [5, 5.41) is 0. The molecule has 0 spiro atoms. The Morgan fingerprint density at radius 1 is 0.950 bits per heavy atom. The van der Waals surface area contributed by atoms with Gasteiger partial charge in [0.1, 0.15) is 11.6 Å². The van der Waals surface area contributed by atoms with Crippen molar-refractivity contribution in [2.45, 2.75) is 123 Å². The van der Waals surface area contributed by atoms with Crippen LogP contribution in [-0.4, -0.2) is 50.7 Å². The predicted molar refractivity (Wildman–Crippen MR) is 158 cm³/mol. The van der Waals surface area contributed by atoms with Gasteiger partial charge in [-0.15, -0.1) is 0 Å². The van der Waals surface area contributed by atoms with Crippen LogP contribution in [0.3, 0.4) is 0 Å². The van der Waals surface area contributed by atoms with Gasteiger partial charge in [0.2, 0.25) is 5.95 Å². The van der Waals surface area contributed by atoms with Crippen molar-refractivity contribution in [1.29, 1.82) is 0 Å². The van der Waals surface area contributed by atoms with Crippen LogP contribution in [0.2, 0.25) is 0 Å². The minimum absolute atomic E-state index is 0.0438. The van der Waals surface area contributed by atoms with E-state index >= 15 is 0 Å². The molecule has 0 aromatic carbocycles. The maximum atomic E-state index is 12.5. The zero-order chi connectivity index (χ0) is 29.2. The number of nitrogens with zero attached hydrogens (tertiary/aromatic N) is 4. The lowest BCUT2D eigenvalue weighted by Gasteiger charge is -2.20. The van der Waals surface area contributed by atoms with E-state index in [2.05, 4.69) is 21.9 Å². The van der Waals surface area contributed by atoms with Gasteiger partial charge < -0.3 is 25.5 Å². The second kappa shape index (κ2) is 19.3. The standard InChI is InChI=1S/C30H52N6O4/c1-4-6-7-8-9-10-11-12-13-14-15-16-26(37)40-21-24(17-18-39-29(38)27(31)23(3)5-2)20-36-22-34-25-19-33-30(32)35-28(25)36/h19,22-24,27H,4-18,20-21,31H2,1-3H3,(H2,32,33,35)/t23-,24?,27-/m0/s1. The number of anilines is 1. The third-order valence-electron chi connectivity index (χ3n) is 7.60. The highest BCUT2D eigenvalue weighted by atomic mass is 16.5. The van der Waals surface area contributed by atoms with Crippen LogP contribution in [0, 0.1) is 11.8 Å². The van der Waals surface area contributed by atoms with Crippen molar-refractivity contribution in [3.05, 3.63) is 12.5 Å². The van der Waals surface area contributed by atoms with Crippen molar-refractivity contribution < 1.29 is 19.1 Å². The Labute approximate surface area is 240 Å². The summed E-state index contributed by atoms with van der Waals surface area (Å²) in [6, 6.07) is -0.649. The van der Waals surface area contributed by atoms with Gasteiger partial charge in [-0.25, -0.2) is 9.97 Å². The van der Waals surface area contributed by atoms with E-state index < -0.39 is 12.0 Å². The average molecular weight is 561 g/mol. The highest BCUT2D eigenvalue weighted by molar-refractivity contribution is 5.75. The van der Waals surface area contributed by atoms with Gasteiger partial charge in [0, 0.05) is 18.9 Å². The lowest BCUT2D eigenvalue weighted by Crippen LogP contribution is -2.38. The first kappa shape index (κ1) is 33.5. The smallest absolute Gasteiger partial charge is 0.323 e. The van der Waals surface area contributed by atoms with Gasteiger partial charge >= 0.3 is 11.9 Å². The van der Waals surface area contributed by atoms with Crippen LogP contribution in [-0.2, 0) is 25.6 Å². The van der Waals surface area contributed by atoms with Crippen molar-refractivity contribution in [3.63, 3.8) is 0 Å². The minimum atomic E-state index is -0.649. The van der Waals surface area contributed by atoms with Crippen LogP contribution >= 0.6 is 0 Å². The van der Waals surface area contributed by atoms with Crippen molar-refractivity contribution in [2.75, 3.05) is 18.9 Å². The third kappa shape index (κ3) is 12.6. The van der Waals surface area contributed by atoms with Gasteiger partial charge in [0.05, 0.1) is 25.7 Å². The Morgan fingerprint density at radius 2 is 1.60 bits per heavy atom. The van der Waals surface area contributed by atoms with Gasteiger partial charge in [-0.3, -0.25) is 9.59 Å². The molecule has 2 rings (SSSR count). The van der Waals surface area contributed by atoms with Gasteiger partial charge in [-0.2, -0.15) is 4.98 Å². The number of nitrogen functional groups attached to an aromatic ring is 1. The summed E-state index contributed by atoms with van der Waals surface area (Å²) in [4.78, 5) is 37.4. The maximum Gasteiger partial charge on any atom is 0.323 e. The van der Waals surface area contributed by atoms with E-state index in [1.165, 1.54) is 51.4 Å². The van der Waals surface area contributed by atoms with Gasteiger partial charge in [-0.05, 0) is 18.8 Å². The average Bonchev–Trinajstić information content (AvgIpc) is 3.34. The fourth-order valence-corrected chi connectivity index (χ4v) is 4.63. The number of ether oxygens (including phenoxy) is 2. The normalized spacial score (nSPS) is 13.7. The molecule has 0 aliphatic carbocycles. The summed E-state index contributed by atoms with van der Waals surface area (Å²) < 4.78 is 13.0. The molecule has 2 aromatic rings. The zero-order valence-electron chi connectivity index (χ0n) is 25.0. The third-order valence-corrected chi connectivity index (χ3v) is 7.60. The number of carbonyl (C=O) groups excluding carboxylic acids is 2. The van der Waals surface area contributed by atoms with Gasteiger partial charge in [0.25, 0.3) is 0 Å². The Morgan fingerprint density at radius 3 is 2.25 bits per heavy atom. The lowest BCUT2D eigenvalue weighted by molar-refractivity contribution is -0.149. The lowest BCUT2D eigenvalue weighted by atomic mass is 10.0. The van der Waals surface area contributed by atoms with E-state index in [1.54, 1.807) is 12.5 Å². The number of rotatable bonds is 22. The molecule has 40 heavy (non-hydrogen) atoms. The van der Waals surface area contributed by atoms with Crippen molar-refractivity contribution in [3.8, 4) is 0 Å². The molecule has 10 nitrogen and oxygen atoms in total. The monoisotopic (exact) mass is 560 g/mol. The van der Waals surface area contributed by atoms with E-state index in [4.69, 9.17) is 20.9 Å². The molecule has 3 atom stereocenters. The number of imidazole rings is 1. The zero-order valence-corrected chi connectivity index (χ0v) is 25.0. The van der Waals surface area contributed by atoms with Crippen LogP contribution in [0.4, 0.5) is 5.95 Å². The number of esters is 2. The van der Waals surface area contributed by atoms with Crippen LogP contribution in [0.25, 0.3) is 11.2 Å². The molecule has 0 saturated heterocycles. The van der Waals surface area contributed by atoms with Gasteiger partial charge in [0.15, 0.2) is 5.65 Å². The molecular formula is C30H52N6O4. The molecule has 4 N–H and O–H groups in total. The highest BCUT2D eigenvalue weighted by Crippen LogP contribution is 2.17. The molecule has 226 valence electrons. The molecule has 10 heteroatoms. The topological polar surface area (TPSA) is 148 Å². The quantitative estimate of drug-likeness (QED) is 0.139. The molecule has 0 fully saturated rings. The van der Waals surface area contributed by atoms with Crippen LogP contribution < -0.4 is 11.5 Å². The second-order valence-electron chi connectivity index (χ2n) is 11.0. The van der Waals surface area contributed by atoms with Crippen molar-refractivity contribution >= 4 is 29.1 Å². The number of hydrogen-bond donors (Lipinski definition) is 2. The van der Waals surface area contributed by atoms with E-state index in [-0.39, 0.29) is 37.0 Å². The Kier molecular flexibility index (Phi) is 16.2. The Balaban J connectivity index is 1.77. The summed E-state index contributed by atoms with van der Waals surface area (Å²) in [5.74, 6) is -0.504. The minimum Gasteiger partial charge on any atom is -0.465 e. The largest absolute Gasteiger partial charge is 0.465 e. The molecule has 0 amide bonds. The fourth-order valence-electron chi connectivity index (χ4n) is 4.63. The van der Waals surface area contributed by atoms with E-state index in [9.17, 15) is 9.59 Å². The predicted octanol–water partition coefficient (Wildman–Crippen LogP) is 5.58. The maximum absolute atomic E-state index is 12.5. The molecule has 2 heterocycles. The molecule has 1 unspecified atom stereocenters. The molecule has 0 aliphatic heterocycles. The van der Waals surface area contributed by atoms with Gasteiger partial charge in [-0.1, -0.05) is 91.4 Å². The number of nitrogens with two attached hydrogens (primary N) is 2. The van der Waals surface area contributed by atoms with Crippen LogP contribution in [0.15, 0.2) is 12.5 Å². The summed E-state index contributed by atoms with van der Waals surface area (Å²) >= 11 is 0. The second-order valence-corrected chi connectivity index (χ2v) is 11.0. The van der Waals surface area contributed by atoms with E-state index in [0.29, 0.717) is 30.6 Å². The van der Waals surface area contributed by atoms with Crippen LogP contribution in [0.5, 0.6) is 0 Å². The summed E-state index contributed by atoms with van der Waals surface area (Å²) in [6.07, 6.45) is 18.5. The Hall–Kier alpha value is -2.75. The first-order valence-electron chi connectivity index (χ1n) is 15.4. The number of fused-ring (bicyclic) bond motifs is 1.